The predicted octanol–water partition coefficient (Wildman–Crippen LogP) is 5.01. The summed E-state index contributed by atoms with van der Waals surface area (Å²) in [4.78, 5) is 26.7. The van der Waals surface area contributed by atoms with E-state index in [0.29, 0.717) is 18.2 Å². The molecule has 0 radical (unpaired) electrons. The number of hydrogen-bond donors (Lipinski definition) is 1. The molecule has 5 nitrogen and oxygen atoms in total. The van der Waals surface area contributed by atoms with E-state index in [4.69, 9.17) is 0 Å². The van der Waals surface area contributed by atoms with Crippen LogP contribution in [0, 0.1) is 34.5 Å². The average Bonchev–Trinajstić information content (AvgIpc) is 3.16. The largest absolute Gasteiger partial charge is 0.364 e. The van der Waals surface area contributed by atoms with Crippen LogP contribution in [-0.4, -0.2) is 35.4 Å². The van der Waals surface area contributed by atoms with Crippen LogP contribution in [0.2, 0.25) is 0 Å². The molecule has 5 heteroatoms. The molecule has 1 N–H and O–H groups in total. The SMILES string of the molecule is CC(=O)C1CCC2C3CCC4=CC(=NNC(=O)CN5C=CC=CC5)CCC4(C)C3CCC12C. The second-order valence-corrected chi connectivity index (χ2v) is 11.6. The average molecular weight is 450 g/mol. The zero-order chi connectivity index (χ0) is 23.2. The van der Waals surface area contributed by atoms with Crippen molar-refractivity contribution in [1.82, 2.24) is 10.3 Å². The Morgan fingerprint density at radius 2 is 1.94 bits per heavy atom. The van der Waals surface area contributed by atoms with Crippen LogP contribution in [0.4, 0.5) is 0 Å². The summed E-state index contributed by atoms with van der Waals surface area (Å²) < 4.78 is 0. The van der Waals surface area contributed by atoms with Crippen LogP contribution in [0.25, 0.3) is 0 Å². The first-order chi connectivity index (χ1) is 15.8. The summed E-state index contributed by atoms with van der Waals surface area (Å²) in [5.74, 6) is 2.80. The molecule has 0 spiro atoms. The van der Waals surface area contributed by atoms with E-state index in [1.165, 1.54) is 31.3 Å². The van der Waals surface area contributed by atoms with Gasteiger partial charge in [-0.3, -0.25) is 9.59 Å². The molecular weight excluding hydrogens is 410 g/mol. The molecule has 1 heterocycles. The lowest BCUT2D eigenvalue weighted by molar-refractivity contribution is -0.127. The monoisotopic (exact) mass is 449 g/mol. The van der Waals surface area contributed by atoms with Crippen molar-refractivity contribution < 1.29 is 9.59 Å². The standard InChI is InChI=1S/C28H39N3O2/c1-19(32)23-9-10-24-22-8-7-20-17-21(29-30-26(33)18-31-15-5-4-6-16-31)11-13-27(20,2)25(22)12-14-28(23,24)3/h4-6,15,17,22-25H,7-14,16,18H2,1-3H3,(H,30,33). The van der Waals surface area contributed by atoms with Gasteiger partial charge >= 0.3 is 0 Å². The smallest absolute Gasteiger partial charge is 0.259 e. The highest BCUT2D eigenvalue weighted by Crippen LogP contribution is 2.66. The molecule has 0 aromatic rings. The van der Waals surface area contributed by atoms with E-state index in [2.05, 4.69) is 30.5 Å². The zero-order valence-electron chi connectivity index (χ0n) is 20.5. The molecule has 0 aromatic carbocycles. The fourth-order valence-corrected chi connectivity index (χ4v) is 8.31. The van der Waals surface area contributed by atoms with Crippen LogP contribution in [0.3, 0.4) is 0 Å². The van der Waals surface area contributed by atoms with Gasteiger partial charge in [-0.05, 0) is 105 Å². The van der Waals surface area contributed by atoms with Gasteiger partial charge in [0.2, 0.25) is 0 Å². The highest BCUT2D eigenvalue weighted by atomic mass is 16.2. The molecule has 6 atom stereocenters. The number of carbonyl (C=O) groups excluding carboxylic acids is 2. The van der Waals surface area contributed by atoms with Crippen molar-refractivity contribution in [3.63, 3.8) is 0 Å². The Balaban J connectivity index is 1.27. The van der Waals surface area contributed by atoms with Crippen molar-refractivity contribution in [3.05, 3.63) is 36.1 Å². The minimum absolute atomic E-state index is 0.0641. The second kappa shape index (κ2) is 8.56. The first-order valence-electron chi connectivity index (χ1n) is 13.0. The highest BCUT2D eigenvalue weighted by Gasteiger charge is 2.59. The lowest BCUT2D eigenvalue weighted by Crippen LogP contribution is -2.51. The summed E-state index contributed by atoms with van der Waals surface area (Å²) in [6, 6.07) is 0. The van der Waals surface area contributed by atoms with Gasteiger partial charge in [-0.25, -0.2) is 5.43 Å². The Kier molecular flexibility index (Phi) is 5.86. The molecule has 5 aliphatic rings. The fraction of sp³-hybridized carbons (Fsp3) is 0.679. The van der Waals surface area contributed by atoms with Crippen LogP contribution in [0.15, 0.2) is 41.2 Å². The van der Waals surface area contributed by atoms with Crippen LogP contribution < -0.4 is 5.43 Å². The summed E-state index contributed by atoms with van der Waals surface area (Å²) in [5, 5.41) is 4.50. The number of ketones is 1. The zero-order valence-corrected chi connectivity index (χ0v) is 20.5. The second-order valence-electron chi connectivity index (χ2n) is 11.6. The van der Waals surface area contributed by atoms with Crippen molar-refractivity contribution in [2.24, 2.45) is 39.6 Å². The molecule has 0 bridgehead atoms. The number of fused-ring (bicyclic) bond motifs is 5. The van der Waals surface area contributed by atoms with Crippen LogP contribution >= 0.6 is 0 Å². The maximum Gasteiger partial charge on any atom is 0.259 e. The first-order valence-corrected chi connectivity index (χ1v) is 13.0. The summed E-state index contributed by atoms with van der Waals surface area (Å²) in [7, 11) is 0. The first kappa shape index (κ1) is 22.6. The number of amides is 1. The molecule has 178 valence electrons. The van der Waals surface area contributed by atoms with Gasteiger partial charge in [0.05, 0.1) is 12.3 Å². The normalized spacial score (nSPS) is 40.6. The molecule has 4 aliphatic carbocycles. The van der Waals surface area contributed by atoms with Crippen LogP contribution in [0.1, 0.15) is 72.1 Å². The van der Waals surface area contributed by atoms with Gasteiger partial charge in [-0.15, -0.1) is 0 Å². The molecule has 3 saturated carbocycles. The number of nitrogens with zero attached hydrogens (tertiary/aromatic N) is 2. The van der Waals surface area contributed by atoms with Gasteiger partial charge in [0.25, 0.3) is 5.91 Å². The van der Waals surface area contributed by atoms with E-state index in [1.807, 2.05) is 36.3 Å². The summed E-state index contributed by atoms with van der Waals surface area (Å²) >= 11 is 0. The molecule has 5 rings (SSSR count). The maximum atomic E-state index is 12.4. The number of hydrogen-bond acceptors (Lipinski definition) is 4. The van der Waals surface area contributed by atoms with Gasteiger partial charge < -0.3 is 4.90 Å². The Labute approximate surface area is 198 Å². The van der Waals surface area contributed by atoms with E-state index in [-0.39, 0.29) is 22.7 Å². The van der Waals surface area contributed by atoms with E-state index in [1.54, 1.807) is 0 Å². The molecule has 0 aromatic heterocycles. The van der Waals surface area contributed by atoms with Gasteiger partial charge in [-0.2, -0.15) is 5.10 Å². The third-order valence-electron chi connectivity index (χ3n) is 10.0. The predicted molar refractivity (Wildman–Crippen MR) is 131 cm³/mol. The lowest BCUT2D eigenvalue weighted by Gasteiger charge is -2.58. The fourth-order valence-electron chi connectivity index (χ4n) is 8.31. The van der Waals surface area contributed by atoms with Crippen molar-refractivity contribution in [3.8, 4) is 0 Å². The number of hydrazone groups is 1. The summed E-state index contributed by atoms with van der Waals surface area (Å²) in [5.41, 5.74) is 5.80. The number of rotatable bonds is 4. The van der Waals surface area contributed by atoms with Gasteiger partial charge in [0.15, 0.2) is 0 Å². The van der Waals surface area contributed by atoms with Crippen molar-refractivity contribution in [2.75, 3.05) is 13.1 Å². The molecule has 1 aliphatic heterocycles. The van der Waals surface area contributed by atoms with E-state index < -0.39 is 0 Å². The third-order valence-corrected chi connectivity index (χ3v) is 10.0. The van der Waals surface area contributed by atoms with Crippen LogP contribution in [0.5, 0.6) is 0 Å². The van der Waals surface area contributed by atoms with E-state index in [9.17, 15) is 9.59 Å². The minimum Gasteiger partial charge on any atom is -0.364 e. The quantitative estimate of drug-likeness (QED) is 0.614. The molecule has 6 unspecified atom stereocenters. The van der Waals surface area contributed by atoms with Gasteiger partial charge in [-0.1, -0.05) is 31.6 Å². The van der Waals surface area contributed by atoms with E-state index in [0.717, 1.165) is 49.8 Å². The lowest BCUT2D eigenvalue weighted by atomic mass is 9.46. The van der Waals surface area contributed by atoms with Gasteiger partial charge in [0, 0.05) is 12.5 Å². The summed E-state index contributed by atoms with van der Waals surface area (Å²) in [6.07, 6.45) is 19.4. The maximum absolute atomic E-state index is 12.4. The number of allylic oxidation sites excluding steroid dienone is 4. The topological polar surface area (TPSA) is 61.8 Å². The van der Waals surface area contributed by atoms with Crippen molar-refractivity contribution >= 4 is 17.4 Å². The van der Waals surface area contributed by atoms with E-state index >= 15 is 0 Å². The molecule has 0 saturated heterocycles. The number of carbonyl (C=O) groups is 2. The number of Topliss-reactive ketones (excluding diaryl/α,β-unsaturated/α-hetero) is 1. The number of nitrogens with one attached hydrogen (secondary N) is 1. The highest BCUT2D eigenvalue weighted by molar-refractivity contribution is 5.97. The minimum atomic E-state index is -0.0641. The van der Waals surface area contributed by atoms with Crippen LogP contribution in [-0.2, 0) is 9.59 Å². The molecule has 3 fully saturated rings. The Bertz CT molecular complexity index is 947. The Hall–Kier alpha value is -2.17. The molecule has 1 amide bonds. The third kappa shape index (κ3) is 3.91. The molecule has 33 heavy (non-hydrogen) atoms. The van der Waals surface area contributed by atoms with Gasteiger partial charge in [0.1, 0.15) is 5.78 Å². The van der Waals surface area contributed by atoms with Crippen molar-refractivity contribution in [2.45, 2.75) is 72.1 Å². The molecular formula is C28H39N3O2. The summed E-state index contributed by atoms with van der Waals surface area (Å²) in [6.45, 7) is 7.82. The Morgan fingerprint density at radius 1 is 1.09 bits per heavy atom. The Morgan fingerprint density at radius 3 is 2.70 bits per heavy atom. The van der Waals surface area contributed by atoms with Crippen molar-refractivity contribution in [1.29, 1.82) is 0 Å².